The molecule has 4 aromatic rings. The molecule has 186 valence electrons. The maximum absolute atomic E-state index is 13.5. The number of amides is 1. The number of hydrogen-bond acceptors (Lipinski definition) is 8. The van der Waals surface area contributed by atoms with Crippen LogP contribution in [-0.4, -0.2) is 47.4 Å². The summed E-state index contributed by atoms with van der Waals surface area (Å²) in [6.07, 6.45) is 3.51. The predicted octanol–water partition coefficient (Wildman–Crippen LogP) is 2.98. The van der Waals surface area contributed by atoms with E-state index in [2.05, 4.69) is 25.9 Å². The number of nitrogens with two attached hydrogens (primary N) is 1. The van der Waals surface area contributed by atoms with E-state index in [-0.39, 0.29) is 22.5 Å². The lowest BCUT2D eigenvalue weighted by molar-refractivity contribution is 0.100. The van der Waals surface area contributed by atoms with Crippen molar-refractivity contribution in [1.29, 1.82) is 0 Å². The van der Waals surface area contributed by atoms with Crippen LogP contribution in [0, 0.1) is 6.92 Å². The largest absolute Gasteiger partial charge is 0.366 e. The van der Waals surface area contributed by atoms with Gasteiger partial charge in [-0.15, -0.1) is 0 Å². The van der Waals surface area contributed by atoms with Crippen LogP contribution >= 0.6 is 0 Å². The summed E-state index contributed by atoms with van der Waals surface area (Å²) in [6.45, 7) is 3.66. The molecule has 3 heterocycles. The van der Waals surface area contributed by atoms with Crippen molar-refractivity contribution in [3.63, 3.8) is 0 Å². The van der Waals surface area contributed by atoms with Crippen molar-refractivity contribution in [3.05, 3.63) is 71.9 Å². The van der Waals surface area contributed by atoms with Crippen molar-refractivity contribution in [2.45, 2.75) is 30.7 Å². The summed E-state index contributed by atoms with van der Waals surface area (Å²) in [6, 6.07) is 15.1. The summed E-state index contributed by atoms with van der Waals surface area (Å²) in [7, 11) is -3.89. The Morgan fingerprint density at radius 1 is 1.08 bits per heavy atom. The summed E-state index contributed by atoms with van der Waals surface area (Å²) in [5, 5.41) is 10.6. The molecular formula is C25H27N7O3S. The number of rotatable bonds is 7. The van der Waals surface area contributed by atoms with Gasteiger partial charge in [-0.2, -0.15) is 9.97 Å². The number of carbonyl (C=O) groups is 1. The molecule has 2 aromatic heterocycles. The van der Waals surface area contributed by atoms with Crippen LogP contribution in [0.15, 0.2) is 65.7 Å². The highest BCUT2D eigenvalue weighted by atomic mass is 32.2. The van der Waals surface area contributed by atoms with Gasteiger partial charge in [0.25, 0.3) is 10.0 Å². The molecule has 1 amide bonds. The zero-order valence-corrected chi connectivity index (χ0v) is 20.5. The van der Waals surface area contributed by atoms with Gasteiger partial charge in [-0.05, 0) is 68.8 Å². The molecular weight excluding hydrogens is 478 g/mol. The molecule has 2 aromatic carbocycles. The second-order valence-electron chi connectivity index (χ2n) is 8.82. The third kappa shape index (κ3) is 4.75. The van der Waals surface area contributed by atoms with Gasteiger partial charge in [0.15, 0.2) is 5.65 Å². The minimum Gasteiger partial charge on any atom is -0.366 e. The molecule has 1 fully saturated rings. The quantitative estimate of drug-likeness (QED) is 0.300. The highest BCUT2D eigenvalue weighted by Gasteiger charge is 2.23. The average molecular weight is 506 g/mol. The molecule has 5 rings (SSSR count). The van der Waals surface area contributed by atoms with E-state index < -0.39 is 15.9 Å². The standard InChI is InChI=1S/C25H27N7O3S/c1-16-4-10-20(11-5-16)36(34,35)32-14-12-21-23(28-19-3-2-13-27-15-19)30-25(31-24(21)32)29-18-8-6-17(7-9-18)22(26)33/h4-12,14,19,27H,2-3,13,15H2,1H3,(H2,26,33)(H2,28,29,30,31). The van der Waals surface area contributed by atoms with Gasteiger partial charge in [0.2, 0.25) is 11.9 Å². The Morgan fingerprint density at radius 3 is 2.50 bits per heavy atom. The van der Waals surface area contributed by atoms with E-state index in [1.54, 1.807) is 54.6 Å². The normalized spacial score (nSPS) is 16.1. The lowest BCUT2D eigenvalue weighted by Crippen LogP contribution is -2.38. The first-order valence-corrected chi connectivity index (χ1v) is 13.1. The molecule has 11 heteroatoms. The number of aromatic nitrogens is 3. The molecule has 0 bridgehead atoms. The number of piperidine rings is 1. The molecule has 0 saturated carbocycles. The minimum atomic E-state index is -3.89. The van der Waals surface area contributed by atoms with Gasteiger partial charge in [-0.3, -0.25) is 4.79 Å². The van der Waals surface area contributed by atoms with Gasteiger partial charge in [-0.1, -0.05) is 17.7 Å². The van der Waals surface area contributed by atoms with Crippen LogP contribution in [0.3, 0.4) is 0 Å². The third-order valence-electron chi connectivity index (χ3n) is 6.15. The Labute approximate surface area is 209 Å². The van der Waals surface area contributed by atoms with Crippen molar-refractivity contribution in [3.8, 4) is 0 Å². The Kier molecular flexibility index (Phi) is 6.33. The predicted molar refractivity (Wildman–Crippen MR) is 139 cm³/mol. The van der Waals surface area contributed by atoms with E-state index in [0.717, 1.165) is 31.5 Å². The van der Waals surface area contributed by atoms with Crippen LogP contribution in [-0.2, 0) is 10.0 Å². The van der Waals surface area contributed by atoms with Gasteiger partial charge in [0.05, 0.1) is 10.3 Å². The molecule has 1 atom stereocenters. The summed E-state index contributed by atoms with van der Waals surface area (Å²) < 4.78 is 28.2. The van der Waals surface area contributed by atoms with Gasteiger partial charge >= 0.3 is 0 Å². The molecule has 1 saturated heterocycles. The second kappa shape index (κ2) is 9.59. The number of primary amides is 1. The Morgan fingerprint density at radius 2 is 1.83 bits per heavy atom. The first-order chi connectivity index (χ1) is 17.3. The van der Waals surface area contributed by atoms with E-state index in [4.69, 9.17) is 5.73 Å². The summed E-state index contributed by atoms with van der Waals surface area (Å²) in [4.78, 5) is 20.8. The lowest BCUT2D eigenvalue weighted by Gasteiger charge is -2.24. The molecule has 1 unspecified atom stereocenters. The van der Waals surface area contributed by atoms with Crippen LogP contribution in [0.25, 0.3) is 11.0 Å². The van der Waals surface area contributed by atoms with Crippen molar-refractivity contribution in [1.82, 2.24) is 19.3 Å². The van der Waals surface area contributed by atoms with Gasteiger partial charge in [-0.25, -0.2) is 12.4 Å². The fourth-order valence-corrected chi connectivity index (χ4v) is 5.49. The van der Waals surface area contributed by atoms with Crippen LogP contribution in [0.1, 0.15) is 28.8 Å². The maximum Gasteiger partial charge on any atom is 0.269 e. The van der Waals surface area contributed by atoms with Crippen molar-refractivity contribution < 1.29 is 13.2 Å². The highest BCUT2D eigenvalue weighted by molar-refractivity contribution is 7.90. The molecule has 1 aliphatic heterocycles. The zero-order chi connectivity index (χ0) is 25.3. The number of aryl methyl sites for hydroxylation is 1. The summed E-state index contributed by atoms with van der Waals surface area (Å²) >= 11 is 0. The Hall–Kier alpha value is -3.96. The number of nitrogens with zero attached hydrogens (tertiary/aromatic N) is 3. The van der Waals surface area contributed by atoms with Crippen molar-refractivity contribution in [2.75, 3.05) is 23.7 Å². The molecule has 1 aliphatic rings. The van der Waals surface area contributed by atoms with E-state index in [1.807, 2.05) is 6.92 Å². The molecule has 5 N–H and O–H groups in total. The minimum absolute atomic E-state index is 0.150. The van der Waals surface area contributed by atoms with E-state index in [0.29, 0.717) is 22.5 Å². The van der Waals surface area contributed by atoms with Crippen LogP contribution in [0.2, 0.25) is 0 Å². The topological polar surface area (TPSA) is 144 Å². The van der Waals surface area contributed by atoms with E-state index in [9.17, 15) is 13.2 Å². The molecule has 0 aliphatic carbocycles. The molecule has 0 radical (unpaired) electrons. The van der Waals surface area contributed by atoms with Gasteiger partial charge in [0, 0.05) is 30.0 Å². The number of hydrogen-bond donors (Lipinski definition) is 4. The monoisotopic (exact) mass is 505 g/mol. The number of carbonyl (C=O) groups excluding carboxylic acids is 1. The van der Waals surface area contributed by atoms with Gasteiger partial charge in [0.1, 0.15) is 5.82 Å². The second-order valence-corrected chi connectivity index (χ2v) is 10.6. The number of fused-ring (bicyclic) bond motifs is 1. The SMILES string of the molecule is Cc1ccc(S(=O)(=O)n2ccc3c(NC4CCCNC4)nc(Nc4ccc(C(N)=O)cc4)nc32)cc1. The number of benzene rings is 2. The number of nitrogens with one attached hydrogen (secondary N) is 3. The fraction of sp³-hybridized carbons (Fsp3) is 0.240. The summed E-state index contributed by atoms with van der Waals surface area (Å²) in [5.41, 5.74) is 7.56. The third-order valence-corrected chi connectivity index (χ3v) is 7.83. The number of anilines is 3. The van der Waals surface area contributed by atoms with Gasteiger partial charge < -0.3 is 21.7 Å². The molecule has 0 spiro atoms. The summed E-state index contributed by atoms with van der Waals surface area (Å²) in [5.74, 6) is 0.244. The Balaban J connectivity index is 1.58. The van der Waals surface area contributed by atoms with Crippen molar-refractivity contribution in [2.24, 2.45) is 5.73 Å². The Bertz CT molecular complexity index is 1510. The van der Waals surface area contributed by atoms with E-state index >= 15 is 0 Å². The fourth-order valence-electron chi connectivity index (χ4n) is 4.19. The average Bonchev–Trinajstić information content (AvgIpc) is 3.30. The smallest absolute Gasteiger partial charge is 0.269 e. The maximum atomic E-state index is 13.5. The molecule has 10 nitrogen and oxygen atoms in total. The first-order valence-electron chi connectivity index (χ1n) is 11.7. The first kappa shape index (κ1) is 23.8. The lowest BCUT2D eigenvalue weighted by atomic mass is 10.1. The van der Waals surface area contributed by atoms with Crippen LogP contribution in [0.4, 0.5) is 17.5 Å². The zero-order valence-electron chi connectivity index (χ0n) is 19.7. The van der Waals surface area contributed by atoms with Crippen LogP contribution in [0.5, 0.6) is 0 Å². The van der Waals surface area contributed by atoms with E-state index in [1.165, 1.54) is 10.2 Å². The van der Waals surface area contributed by atoms with Crippen LogP contribution < -0.4 is 21.7 Å². The van der Waals surface area contributed by atoms with Crippen molar-refractivity contribution >= 4 is 44.4 Å². The molecule has 36 heavy (non-hydrogen) atoms. The highest BCUT2D eigenvalue weighted by Crippen LogP contribution is 2.29.